The second-order valence-electron chi connectivity index (χ2n) is 7.71. The van der Waals surface area contributed by atoms with Gasteiger partial charge in [0.05, 0.1) is 17.1 Å². The monoisotopic (exact) mass is 361 g/mol. The minimum absolute atomic E-state index is 0.184. The molecule has 2 aromatic heterocycles. The number of pyridine rings is 1. The number of nitrogens with zero attached hydrogens (tertiary/aromatic N) is 2. The van der Waals surface area contributed by atoms with Crippen molar-refractivity contribution in [2.24, 2.45) is 10.9 Å². The molecule has 0 atom stereocenters. The van der Waals surface area contributed by atoms with Crippen molar-refractivity contribution in [2.45, 2.75) is 47.5 Å². The Morgan fingerprint density at radius 3 is 2.37 bits per heavy atom. The second-order valence-corrected chi connectivity index (χ2v) is 7.71. The number of H-pyrrole nitrogens is 1. The first-order chi connectivity index (χ1) is 12.8. The first-order valence-corrected chi connectivity index (χ1v) is 9.45. The van der Waals surface area contributed by atoms with Crippen LogP contribution in [0.5, 0.6) is 0 Å². The Bertz CT molecular complexity index is 957. The maximum absolute atomic E-state index is 11.8. The summed E-state index contributed by atoms with van der Waals surface area (Å²) in [5.74, 6) is 0.585. The molecule has 0 amide bonds. The van der Waals surface area contributed by atoms with E-state index in [0.29, 0.717) is 11.5 Å². The van der Waals surface area contributed by atoms with Crippen molar-refractivity contribution < 1.29 is 4.79 Å². The van der Waals surface area contributed by atoms with E-state index in [2.05, 4.69) is 50.7 Å². The molecule has 0 unspecified atom stereocenters. The standard InChI is InChI=1S/C23H27N3O/c1-13(2)19-10-15(5)22(25-19)20(17-8-7-9-24-11-17)23-16(6)18(12-27)21(26-23)14(3)4/h7-14,25H,1-6H3. The summed E-state index contributed by atoms with van der Waals surface area (Å²) in [5.41, 5.74) is 8.72. The van der Waals surface area contributed by atoms with E-state index in [9.17, 15) is 4.79 Å². The van der Waals surface area contributed by atoms with E-state index in [1.165, 1.54) is 11.3 Å². The number of aliphatic imine (C=N–C) groups is 1. The molecule has 0 saturated heterocycles. The van der Waals surface area contributed by atoms with Crippen LogP contribution < -0.4 is 0 Å². The fourth-order valence-electron chi connectivity index (χ4n) is 3.48. The number of carbonyl (C=O) groups is 1. The third kappa shape index (κ3) is 3.44. The van der Waals surface area contributed by atoms with Gasteiger partial charge in [0.1, 0.15) is 0 Å². The molecule has 2 aromatic rings. The Balaban J connectivity index is 2.35. The fraction of sp³-hybridized carbons (Fsp3) is 0.348. The number of carbonyl (C=O) groups excluding carboxylic acids is 1. The highest BCUT2D eigenvalue weighted by Crippen LogP contribution is 2.38. The van der Waals surface area contributed by atoms with Gasteiger partial charge in [-0.2, -0.15) is 0 Å². The fourth-order valence-corrected chi connectivity index (χ4v) is 3.48. The van der Waals surface area contributed by atoms with E-state index in [1.807, 2.05) is 25.3 Å². The second kappa shape index (κ2) is 7.47. The molecule has 3 heterocycles. The first-order valence-electron chi connectivity index (χ1n) is 9.45. The molecular weight excluding hydrogens is 334 g/mol. The summed E-state index contributed by atoms with van der Waals surface area (Å²) >= 11 is 0. The quantitative estimate of drug-likeness (QED) is 0.742. The topological polar surface area (TPSA) is 58.1 Å². The van der Waals surface area contributed by atoms with E-state index in [0.717, 1.165) is 40.1 Å². The first kappa shape index (κ1) is 19.0. The number of aldehydes is 1. The molecule has 4 heteroatoms. The van der Waals surface area contributed by atoms with Crippen LogP contribution >= 0.6 is 0 Å². The van der Waals surface area contributed by atoms with Gasteiger partial charge in [0.25, 0.3) is 0 Å². The summed E-state index contributed by atoms with van der Waals surface area (Å²) < 4.78 is 0. The van der Waals surface area contributed by atoms with Crippen molar-refractivity contribution in [3.8, 4) is 0 Å². The average Bonchev–Trinajstić information content (AvgIpc) is 3.18. The molecule has 1 aliphatic heterocycles. The molecule has 0 aromatic carbocycles. The van der Waals surface area contributed by atoms with Crippen molar-refractivity contribution in [3.63, 3.8) is 0 Å². The van der Waals surface area contributed by atoms with E-state index in [-0.39, 0.29) is 5.92 Å². The number of aromatic nitrogens is 2. The van der Waals surface area contributed by atoms with Gasteiger partial charge in [-0.25, -0.2) is 0 Å². The van der Waals surface area contributed by atoms with Crippen molar-refractivity contribution in [1.82, 2.24) is 9.97 Å². The van der Waals surface area contributed by atoms with Crippen LogP contribution in [0, 0.1) is 12.8 Å². The molecule has 0 fully saturated rings. The lowest BCUT2D eigenvalue weighted by atomic mass is 9.95. The largest absolute Gasteiger partial charge is 0.358 e. The Hall–Kier alpha value is -2.75. The maximum Gasteiger partial charge on any atom is 0.152 e. The van der Waals surface area contributed by atoms with Crippen molar-refractivity contribution >= 4 is 17.6 Å². The SMILES string of the molecule is CC1=C(C=O)C(C(C)C)=NC1=C(c1cccnc1)c1[nH]c(C(C)C)cc1C. The Morgan fingerprint density at radius 2 is 1.89 bits per heavy atom. The van der Waals surface area contributed by atoms with Crippen LogP contribution in [-0.2, 0) is 4.79 Å². The van der Waals surface area contributed by atoms with E-state index in [1.54, 1.807) is 6.20 Å². The lowest BCUT2D eigenvalue weighted by Gasteiger charge is -2.12. The van der Waals surface area contributed by atoms with Gasteiger partial charge >= 0.3 is 0 Å². The van der Waals surface area contributed by atoms with Gasteiger partial charge < -0.3 is 4.98 Å². The third-order valence-corrected chi connectivity index (χ3v) is 5.03. The number of aromatic amines is 1. The highest BCUT2D eigenvalue weighted by atomic mass is 16.1. The lowest BCUT2D eigenvalue weighted by Crippen LogP contribution is -2.09. The number of aryl methyl sites for hydroxylation is 1. The zero-order valence-electron chi connectivity index (χ0n) is 16.9. The molecule has 0 spiro atoms. The molecule has 0 saturated carbocycles. The van der Waals surface area contributed by atoms with Crippen LogP contribution in [0.2, 0.25) is 0 Å². The van der Waals surface area contributed by atoms with Crippen LogP contribution in [0.25, 0.3) is 5.57 Å². The smallest absolute Gasteiger partial charge is 0.152 e. The maximum atomic E-state index is 11.8. The zero-order valence-corrected chi connectivity index (χ0v) is 16.9. The number of allylic oxidation sites excluding steroid dienone is 2. The van der Waals surface area contributed by atoms with Crippen LogP contribution in [0.3, 0.4) is 0 Å². The van der Waals surface area contributed by atoms with Gasteiger partial charge in [0, 0.05) is 34.8 Å². The van der Waals surface area contributed by atoms with Crippen LogP contribution in [0.15, 0.2) is 52.4 Å². The summed E-state index contributed by atoms with van der Waals surface area (Å²) in [6.07, 6.45) is 4.56. The lowest BCUT2D eigenvalue weighted by molar-refractivity contribution is -0.104. The third-order valence-electron chi connectivity index (χ3n) is 5.03. The Labute approximate surface area is 161 Å². The van der Waals surface area contributed by atoms with E-state index < -0.39 is 0 Å². The zero-order chi connectivity index (χ0) is 19.7. The van der Waals surface area contributed by atoms with Gasteiger partial charge in [0.15, 0.2) is 6.29 Å². The van der Waals surface area contributed by atoms with Crippen LogP contribution in [0.4, 0.5) is 0 Å². The van der Waals surface area contributed by atoms with Crippen molar-refractivity contribution in [2.75, 3.05) is 0 Å². The predicted octanol–water partition coefficient (Wildman–Crippen LogP) is 5.23. The molecule has 1 N–H and O–H groups in total. The van der Waals surface area contributed by atoms with E-state index in [4.69, 9.17) is 4.99 Å². The van der Waals surface area contributed by atoms with E-state index >= 15 is 0 Å². The summed E-state index contributed by atoms with van der Waals surface area (Å²) in [6, 6.07) is 6.17. The van der Waals surface area contributed by atoms with Gasteiger partial charge in [0.2, 0.25) is 0 Å². The summed E-state index contributed by atoms with van der Waals surface area (Å²) in [7, 11) is 0. The van der Waals surface area contributed by atoms with Gasteiger partial charge in [-0.3, -0.25) is 14.8 Å². The molecule has 3 rings (SSSR count). The van der Waals surface area contributed by atoms with Gasteiger partial charge in [-0.05, 0) is 49.0 Å². The Kier molecular flexibility index (Phi) is 5.26. The van der Waals surface area contributed by atoms with Crippen LogP contribution in [-0.4, -0.2) is 22.0 Å². The van der Waals surface area contributed by atoms with Crippen molar-refractivity contribution in [3.05, 3.63) is 70.0 Å². The molecule has 1 aliphatic rings. The molecule has 27 heavy (non-hydrogen) atoms. The summed E-state index contributed by atoms with van der Waals surface area (Å²) in [5, 5.41) is 0. The highest BCUT2D eigenvalue weighted by molar-refractivity contribution is 6.20. The minimum atomic E-state index is 0.184. The van der Waals surface area contributed by atoms with Gasteiger partial charge in [-0.1, -0.05) is 33.8 Å². The molecular formula is C23H27N3O. The average molecular weight is 361 g/mol. The number of rotatable bonds is 5. The van der Waals surface area contributed by atoms with Crippen LogP contribution in [0.1, 0.15) is 63.1 Å². The highest BCUT2D eigenvalue weighted by Gasteiger charge is 2.27. The predicted molar refractivity (Wildman–Crippen MR) is 111 cm³/mol. The molecule has 0 aliphatic carbocycles. The number of nitrogens with one attached hydrogen (secondary N) is 1. The van der Waals surface area contributed by atoms with Gasteiger partial charge in [-0.15, -0.1) is 0 Å². The summed E-state index contributed by atoms with van der Waals surface area (Å²) in [6.45, 7) is 12.6. The van der Waals surface area contributed by atoms with Crippen molar-refractivity contribution in [1.29, 1.82) is 0 Å². The molecule has 0 bridgehead atoms. The summed E-state index contributed by atoms with van der Waals surface area (Å²) in [4.78, 5) is 24.6. The molecule has 0 radical (unpaired) electrons. The normalized spacial score (nSPS) is 16.4. The molecule has 4 nitrogen and oxygen atoms in total. The number of hydrogen-bond acceptors (Lipinski definition) is 3. The minimum Gasteiger partial charge on any atom is -0.358 e. The Morgan fingerprint density at radius 1 is 1.15 bits per heavy atom. The molecule has 140 valence electrons. The number of hydrogen-bond donors (Lipinski definition) is 1.